The Morgan fingerprint density at radius 3 is 2.71 bits per heavy atom. The van der Waals surface area contributed by atoms with Crippen LogP contribution in [0, 0.1) is 12.7 Å². The highest BCUT2D eigenvalue weighted by Gasteiger charge is 2.40. The minimum Gasteiger partial charge on any atom is -0.508 e. The number of phenolic OH excluding ortho intramolecular Hbond substituents is 1. The van der Waals surface area contributed by atoms with Gasteiger partial charge in [0, 0.05) is 42.5 Å². The zero-order valence-electron chi connectivity index (χ0n) is 15.4. The van der Waals surface area contributed by atoms with Gasteiger partial charge in [0.15, 0.2) is 5.65 Å². The third-order valence-corrected chi connectivity index (χ3v) is 5.78. The molecule has 2 aliphatic rings. The topological polar surface area (TPSA) is 94.1 Å². The fourth-order valence-corrected chi connectivity index (χ4v) is 4.44. The molecule has 0 aliphatic carbocycles. The number of piperazine rings is 1. The maximum absolute atomic E-state index is 14.4. The maximum Gasteiger partial charge on any atom is 0.255 e. The molecule has 8 heteroatoms. The van der Waals surface area contributed by atoms with Crippen LogP contribution in [0.2, 0.25) is 0 Å². The first kappa shape index (κ1) is 17.1. The lowest BCUT2D eigenvalue weighted by molar-refractivity contribution is 0.0621. The molecular weight excluding hydrogens is 361 g/mol. The number of rotatable bonds is 2. The molecule has 0 spiro atoms. The van der Waals surface area contributed by atoms with Gasteiger partial charge >= 0.3 is 0 Å². The molecule has 2 fully saturated rings. The Morgan fingerprint density at radius 2 is 2.00 bits per heavy atom. The van der Waals surface area contributed by atoms with Crippen LogP contribution in [0.3, 0.4) is 0 Å². The highest BCUT2D eigenvalue weighted by Crippen LogP contribution is 2.33. The molecule has 2 aliphatic heterocycles. The molecule has 2 unspecified atom stereocenters. The smallest absolute Gasteiger partial charge is 0.255 e. The second-order valence-corrected chi connectivity index (χ2v) is 7.52. The summed E-state index contributed by atoms with van der Waals surface area (Å²) >= 11 is 0. The van der Waals surface area contributed by atoms with Crippen molar-refractivity contribution in [2.45, 2.75) is 31.8 Å². The molecule has 1 aromatic carbocycles. The van der Waals surface area contributed by atoms with Crippen LogP contribution in [0.4, 0.5) is 4.39 Å². The summed E-state index contributed by atoms with van der Waals surface area (Å²) in [5.41, 5.74) is 2.16. The van der Waals surface area contributed by atoms with Gasteiger partial charge in [-0.15, -0.1) is 0 Å². The van der Waals surface area contributed by atoms with Gasteiger partial charge in [-0.25, -0.2) is 9.37 Å². The summed E-state index contributed by atoms with van der Waals surface area (Å²) in [5, 5.41) is 20.6. The summed E-state index contributed by atoms with van der Waals surface area (Å²) < 4.78 is 14.4. The van der Waals surface area contributed by atoms with Gasteiger partial charge in [-0.1, -0.05) is 0 Å². The molecule has 4 heterocycles. The molecule has 2 saturated heterocycles. The monoisotopic (exact) mass is 381 g/mol. The average molecular weight is 381 g/mol. The fourth-order valence-electron chi connectivity index (χ4n) is 4.44. The van der Waals surface area contributed by atoms with Crippen LogP contribution in [0.1, 0.15) is 28.9 Å². The lowest BCUT2D eigenvalue weighted by atomic mass is 10.0. The fraction of sp³-hybridized carbons (Fsp3) is 0.350. The van der Waals surface area contributed by atoms with Crippen molar-refractivity contribution < 1.29 is 14.3 Å². The van der Waals surface area contributed by atoms with E-state index in [1.54, 1.807) is 6.07 Å². The number of hydrogen-bond donors (Lipinski definition) is 3. The number of H-pyrrole nitrogens is 1. The Morgan fingerprint density at radius 1 is 1.25 bits per heavy atom. The minimum atomic E-state index is -0.597. The molecule has 144 valence electrons. The first-order chi connectivity index (χ1) is 13.5. The molecule has 3 aromatic rings. The maximum atomic E-state index is 14.4. The predicted molar refractivity (Wildman–Crippen MR) is 102 cm³/mol. The Hall–Kier alpha value is -3.00. The third kappa shape index (κ3) is 2.56. The molecule has 2 aromatic heterocycles. The molecule has 0 radical (unpaired) electrons. The molecule has 3 N–H and O–H groups in total. The Labute approximate surface area is 160 Å². The van der Waals surface area contributed by atoms with Gasteiger partial charge in [0.1, 0.15) is 11.6 Å². The number of fused-ring (bicyclic) bond motifs is 3. The number of aromatic amines is 1. The summed E-state index contributed by atoms with van der Waals surface area (Å²) in [6, 6.07) is 5.89. The molecule has 5 rings (SSSR count). The van der Waals surface area contributed by atoms with E-state index in [9.17, 15) is 14.3 Å². The standard InChI is InChI=1S/C20H20FN5O2/c1-10-18-15(20(28)26-11-2-3-12(26)9-22-8-11)7-17(23-19(18)25-24-10)14-5-4-13(27)6-16(14)21/h4-7,11-12,22,27H,2-3,8-9H2,1H3,(H,23,24,25). The lowest BCUT2D eigenvalue weighted by Crippen LogP contribution is -2.54. The minimum absolute atomic E-state index is 0.0636. The lowest BCUT2D eigenvalue weighted by Gasteiger charge is -2.35. The second-order valence-electron chi connectivity index (χ2n) is 7.52. The summed E-state index contributed by atoms with van der Waals surface area (Å²) in [5.74, 6) is -0.822. The van der Waals surface area contributed by atoms with E-state index in [0.29, 0.717) is 22.3 Å². The van der Waals surface area contributed by atoms with E-state index in [1.165, 1.54) is 12.1 Å². The number of pyridine rings is 1. The predicted octanol–water partition coefficient (Wildman–Crippen LogP) is 2.35. The van der Waals surface area contributed by atoms with Gasteiger partial charge in [-0.05, 0) is 38.0 Å². The quantitative estimate of drug-likeness (QED) is 0.634. The number of phenols is 1. The Balaban J connectivity index is 1.67. The van der Waals surface area contributed by atoms with Gasteiger partial charge in [0.25, 0.3) is 5.91 Å². The van der Waals surface area contributed by atoms with Crippen molar-refractivity contribution in [1.29, 1.82) is 0 Å². The number of nitrogens with zero attached hydrogens (tertiary/aromatic N) is 3. The third-order valence-electron chi connectivity index (χ3n) is 5.78. The Bertz CT molecular complexity index is 1080. The van der Waals surface area contributed by atoms with Crippen LogP contribution in [-0.2, 0) is 0 Å². The molecule has 7 nitrogen and oxygen atoms in total. The average Bonchev–Trinajstić information content (AvgIpc) is 3.16. The van der Waals surface area contributed by atoms with Crippen LogP contribution in [0.15, 0.2) is 24.3 Å². The number of aromatic hydroxyl groups is 1. The molecule has 2 atom stereocenters. The van der Waals surface area contributed by atoms with Crippen molar-refractivity contribution in [1.82, 2.24) is 25.4 Å². The van der Waals surface area contributed by atoms with E-state index in [4.69, 9.17) is 0 Å². The summed E-state index contributed by atoms with van der Waals surface area (Å²) in [7, 11) is 0. The zero-order valence-corrected chi connectivity index (χ0v) is 15.4. The largest absolute Gasteiger partial charge is 0.508 e. The van der Waals surface area contributed by atoms with Gasteiger partial charge < -0.3 is 15.3 Å². The van der Waals surface area contributed by atoms with Crippen molar-refractivity contribution in [3.63, 3.8) is 0 Å². The van der Waals surface area contributed by atoms with Gasteiger partial charge in [0.2, 0.25) is 0 Å². The van der Waals surface area contributed by atoms with Gasteiger partial charge in [-0.3, -0.25) is 9.89 Å². The molecule has 1 amide bonds. The zero-order chi connectivity index (χ0) is 19.4. The number of amides is 1. The Kier molecular flexibility index (Phi) is 3.83. The highest BCUT2D eigenvalue weighted by molar-refractivity contribution is 6.07. The normalized spacial score (nSPS) is 21.4. The summed E-state index contributed by atoms with van der Waals surface area (Å²) in [6.07, 6.45) is 1.98. The number of carbonyl (C=O) groups is 1. The van der Waals surface area contributed by atoms with E-state index in [1.807, 2.05) is 11.8 Å². The first-order valence-electron chi connectivity index (χ1n) is 9.41. The number of benzene rings is 1. The number of aromatic nitrogens is 3. The van der Waals surface area contributed by atoms with Crippen molar-refractivity contribution >= 4 is 16.9 Å². The molecule has 2 bridgehead atoms. The second kappa shape index (κ2) is 6.27. The van der Waals surface area contributed by atoms with Crippen LogP contribution in [0.5, 0.6) is 5.75 Å². The summed E-state index contributed by atoms with van der Waals surface area (Å²) in [6.45, 7) is 3.43. The van der Waals surface area contributed by atoms with E-state index in [2.05, 4.69) is 20.5 Å². The van der Waals surface area contributed by atoms with Crippen LogP contribution < -0.4 is 5.32 Å². The van der Waals surface area contributed by atoms with E-state index >= 15 is 0 Å². The number of hydrogen-bond acceptors (Lipinski definition) is 5. The number of halogens is 1. The molecular formula is C20H20FN5O2. The van der Waals surface area contributed by atoms with Gasteiger partial charge in [0.05, 0.1) is 16.6 Å². The number of carbonyl (C=O) groups excluding carboxylic acids is 1. The van der Waals surface area contributed by atoms with Crippen LogP contribution in [-0.4, -0.2) is 56.3 Å². The van der Waals surface area contributed by atoms with Crippen molar-refractivity contribution in [3.05, 3.63) is 41.3 Å². The molecule has 28 heavy (non-hydrogen) atoms. The van der Waals surface area contributed by atoms with Crippen molar-refractivity contribution in [2.75, 3.05) is 13.1 Å². The van der Waals surface area contributed by atoms with E-state index in [0.717, 1.165) is 37.7 Å². The number of nitrogens with one attached hydrogen (secondary N) is 2. The van der Waals surface area contributed by atoms with Crippen LogP contribution in [0.25, 0.3) is 22.3 Å². The van der Waals surface area contributed by atoms with Crippen LogP contribution >= 0.6 is 0 Å². The first-order valence-corrected chi connectivity index (χ1v) is 9.41. The van der Waals surface area contributed by atoms with Crippen molar-refractivity contribution in [2.24, 2.45) is 0 Å². The number of aryl methyl sites for hydroxylation is 1. The molecule has 0 saturated carbocycles. The summed E-state index contributed by atoms with van der Waals surface area (Å²) in [4.78, 5) is 20.0. The van der Waals surface area contributed by atoms with E-state index < -0.39 is 5.82 Å². The van der Waals surface area contributed by atoms with Gasteiger partial charge in [-0.2, -0.15) is 5.10 Å². The SMILES string of the molecule is Cc1[nH]nc2nc(-c3ccc(O)cc3F)cc(C(=O)N3C4CCC3CNC4)c12. The van der Waals surface area contributed by atoms with Crippen molar-refractivity contribution in [3.8, 4) is 17.0 Å². The van der Waals surface area contributed by atoms with E-state index in [-0.39, 0.29) is 29.3 Å². The highest BCUT2D eigenvalue weighted by atomic mass is 19.1.